The minimum Gasteiger partial charge on any atom is -0.352 e. The van der Waals surface area contributed by atoms with Gasteiger partial charge in [0.05, 0.1) is 28.6 Å². The largest absolute Gasteiger partial charge is 0.352 e. The Balaban J connectivity index is 2.36. The van der Waals surface area contributed by atoms with Gasteiger partial charge in [-0.05, 0) is 12.1 Å². The summed E-state index contributed by atoms with van der Waals surface area (Å²) < 4.78 is 4.75. The number of rotatable bonds is 3. The Hall–Kier alpha value is -1.57. The van der Waals surface area contributed by atoms with Gasteiger partial charge in [0.1, 0.15) is 0 Å². The first-order valence-electron chi connectivity index (χ1n) is 5.38. The van der Waals surface area contributed by atoms with E-state index < -0.39 is 0 Å². The molecular formula is C12H13IN4O. The minimum absolute atomic E-state index is 0.186. The number of halogens is 1. The molecule has 0 bridgehead atoms. The normalized spacial score (nSPS) is 10.2. The van der Waals surface area contributed by atoms with Crippen molar-refractivity contribution in [2.24, 2.45) is 7.05 Å². The fourth-order valence-corrected chi connectivity index (χ4v) is 1.99. The second-order valence-electron chi connectivity index (χ2n) is 3.81. The van der Waals surface area contributed by atoms with Gasteiger partial charge < -0.3 is 13.4 Å². The van der Waals surface area contributed by atoms with Crippen LogP contribution in [0.1, 0.15) is 10.6 Å². The van der Waals surface area contributed by atoms with Crippen LogP contribution in [0.15, 0.2) is 30.5 Å². The number of nitrogens with zero attached hydrogens (tertiary/aromatic N) is 2. The van der Waals surface area contributed by atoms with Crippen LogP contribution in [0.5, 0.6) is 0 Å². The molecule has 1 heterocycles. The van der Waals surface area contributed by atoms with E-state index in [2.05, 4.69) is 36.7 Å². The molecule has 0 spiro atoms. The third-order valence-electron chi connectivity index (χ3n) is 2.60. The Morgan fingerprint density at radius 1 is 1.33 bits per heavy atom. The zero-order chi connectivity index (χ0) is 13.1. The molecule has 0 aliphatic rings. The molecule has 94 valence electrons. The third kappa shape index (κ3) is 2.47. The highest BCUT2D eigenvalue weighted by Gasteiger charge is 2.12. The molecule has 18 heavy (non-hydrogen) atoms. The van der Waals surface area contributed by atoms with Crippen LogP contribution in [0.3, 0.4) is 0 Å². The van der Waals surface area contributed by atoms with E-state index in [0.717, 1.165) is 16.9 Å². The number of amides is 1. The Bertz CT molecular complexity index is 562. The summed E-state index contributed by atoms with van der Waals surface area (Å²) in [6, 6.07) is 7.87. The van der Waals surface area contributed by atoms with E-state index >= 15 is 0 Å². The summed E-state index contributed by atoms with van der Waals surface area (Å²) in [7, 11) is 3.40. The Morgan fingerprint density at radius 2 is 2.00 bits per heavy atom. The smallest absolute Gasteiger partial charge is 0.287 e. The fraction of sp³-hybridized carbons (Fsp3) is 0.167. The Labute approximate surface area is 119 Å². The van der Waals surface area contributed by atoms with Crippen molar-refractivity contribution in [2.45, 2.75) is 0 Å². The maximum absolute atomic E-state index is 11.6. The Kier molecular flexibility index (Phi) is 3.85. The number of carbonyl (C=O) groups excluding carboxylic acids is 1. The van der Waals surface area contributed by atoms with Gasteiger partial charge in [-0.1, -0.05) is 12.1 Å². The van der Waals surface area contributed by atoms with Crippen molar-refractivity contribution in [3.63, 3.8) is 0 Å². The first-order chi connectivity index (χ1) is 8.65. The van der Waals surface area contributed by atoms with Gasteiger partial charge in [-0.3, -0.25) is 4.79 Å². The van der Waals surface area contributed by atoms with Gasteiger partial charge in [-0.15, -0.1) is 0 Å². The molecule has 0 saturated carbocycles. The predicted octanol–water partition coefficient (Wildman–Crippen LogP) is 2.21. The number of anilines is 1. The zero-order valence-electron chi connectivity index (χ0n) is 10.1. The molecule has 0 unspecified atom stereocenters. The van der Waals surface area contributed by atoms with Crippen molar-refractivity contribution in [2.75, 3.05) is 10.6 Å². The van der Waals surface area contributed by atoms with Gasteiger partial charge >= 0.3 is 0 Å². The number of aryl methyl sites for hydroxylation is 1. The first-order valence-corrected chi connectivity index (χ1v) is 6.46. The van der Waals surface area contributed by atoms with Gasteiger partial charge in [-0.2, -0.15) is 0 Å². The van der Waals surface area contributed by atoms with E-state index in [1.807, 2.05) is 37.5 Å². The minimum atomic E-state index is -0.186. The van der Waals surface area contributed by atoms with E-state index in [-0.39, 0.29) is 5.91 Å². The van der Waals surface area contributed by atoms with Crippen molar-refractivity contribution in [1.82, 2.24) is 14.9 Å². The van der Waals surface area contributed by atoms with Crippen LogP contribution < -0.4 is 8.85 Å². The van der Waals surface area contributed by atoms with Gasteiger partial charge in [-0.25, -0.2) is 4.98 Å². The Morgan fingerprint density at radius 3 is 2.56 bits per heavy atom. The maximum Gasteiger partial charge on any atom is 0.287 e. The average molecular weight is 356 g/mol. The lowest BCUT2D eigenvalue weighted by Gasteiger charge is -1.99. The van der Waals surface area contributed by atoms with Crippen molar-refractivity contribution in [3.05, 3.63) is 36.3 Å². The summed E-state index contributed by atoms with van der Waals surface area (Å²) in [6.45, 7) is 0. The fourth-order valence-electron chi connectivity index (χ4n) is 1.63. The van der Waals surface area contributed by atoms with Gasteiger partial charge in [0.15, 0.2) is 5.82 Å². The molecule has 0 saturated heterocycles. The highest BCUT2D eigenvalue weighted by Crippen LogP contribution is 2.21. The van der Waals surface area contributed by atoms with E-state index in [4.69, 9.17) is 0 Å². The van der Waals surface area contributed by atoms with Gasteiger partial charge in [0, 0.05) is 31.5 Å². The molecule has 2 N–H and O–H groups in total. The van der Waals surface area contributed by atoms with Crippen LogP contribution >= 0.6 is 22.9 Å². The second-order valence-corrected chi connectivity index (χ2v) is 4.35. The number of hydrogen-bond donors (Lipinski definition) is 2. The molecule has 6 heteroatoms. The summed E-state index contributed by atoms with van der Waals surface area (Å²) in [5.41, 5.74) is 2.80. The molecule has 1 aromatic heterocycles. The lowest BCUT2D eigenvalue weighted by Crippen LogP contribution is -2.21. The summed E-state index contributed by atoms with van der Waals surface area (Å²) >= 11 is 2.08. The lowest BCUT2D eigenvalue weighted by atomic mass is 10.1. The SMILES string of the molecule is CNC(=O)c1nc(-c2ccc(NI)cc2)cn1C. The molecule has 0 radical (unpaired) electrons. The van der Waals surface area contributed by atoms with Crippen LogP contribution in [-0.2, 0) is 7.05 Å². The molecule has 1 amide bonds. The molecule has 2 aromatic rings. The predicted molar refractivity (Wildman–Crippen MR) is 79.7 cm³/mol. The molecular weight excluding hydrogens is 343 g/mol. The summed E-state index contributed by atoms with van der Waals surface area (Å²) in [6.07, 6.45) is 1.84. The average Bonchev–Trinajstić information content (AvgIpc) is 2.80. The maximum atomic E-state index is 11.6. The molecule has 1 aromatic carbocycles. The summed E-state index contributed by atoms with van der Waals surface area (Å²) in [4.78, 5) is 15.9. The monoisotopic (exact) mass is 356 g/mol. The van der Waals surface area contributed by atoms with Crippen LogP contribution in [0.4, 0.5) is 5.69 Å². The molecule has 0 fully saturated rings. The van der Waals surface area contributed by atoms with Crippen LogP contribution in [0.25, 0.3) is 11.3 Å². The van der Waals surface area contributed by atoms with E-state index in [9.17, 15) is 4.79 Å². The van der Waals surface area contributed by atoms with Crippen molar-refractivity contribution in [3.8, 4) is 11.3 Å². The van der Waals surface area contributed by atoms with E-state index in [1.165, 1.54) is 0 Å². The number of nitrogens with one attached hydrogen (secondary N) is 2. The van der Waals surface area contributed by atoms with E-state index in [1.54, 1.807) is 11.6 Å². The number of benzene rings is 1. The van der Waals surface area contributed by atoms with E-state index in [0.29, 0.717) is 5.82 Å². The highest BCUT2D eigenvalue weighted by molar-refractivity contribution is 14.1. The van der Waals surface area contributed by atoms with Crippen LogP contribution in [-0.4, -0.2) is 22.5 Å². The standard InChI is InChI=1S/C12H13IN4O/c1-14-12(18)11-15-10(7-17(11)2)8-3-5-9(16-13)6-4-8/h3-7,16H,1-2H3,(H,14,18). The molecule has 2 rings (SSSR count). The van der Waals surface area contributed by atoms with Gasteiger partial charge in [0.25, 0.3) is 5.91 Å². The summed E-state index contributed by atoms with van der Waals surface area (Å²) in [5.74, 6) is 0.220. The number of hydrogen-bond acceptors (Lipinski definition) is 3. The van der Waals surface area contributed by atoms with Crippen molar-refractivity contribution in [1.29, 1.82) is 0 Å². The van der Waals surface area contributed by atoms with Crippen molar-refractivity contribution < 1.29 is 4.79 Å². The topological polar surface area (TPSA) is 59.0 Å². The number of carbonyl (C=O) groups is 1. The molecule has 5 nitrogen and oxygen atoms in total. The highest BCUT2D eigenvalue weighted by atomic mass is 127. The first kappa shape index (κ1) is 12.9. The molecule has 0 atom stereocenters. The van der Waals surface area contributed by atoms with Crippen LogP contribution in [0.2, 0.25) is 0 Å². The number of aromatic nitrogens is 2. The van der Waals surface area contributed by atoms with Crippen molar-refractivity contribution >= 4 is 34.5 Å². The quantitative estimate of drug-likeness (QED) is 0.655. The van der Waals surface area contributed by atoms with Gasteiger partial charge in [0.2, 0.25) is 0 Å². The van der Waals surface area contributed by atoms with Crippen LogP contribution in [0, 0.1) is 0 Å². The lowest BCUT2D eigenvalue weighted by molar-refractivity contribution is 0.0950. The zero-order valence-corrected chi connectivity index (χ0v) is 12.2. The third-order valence-corrected chi connectivity index (χ3v) is 3.22. The molecule has 0 aliphatic heterocycles. The summed E-state index contributed by atoms with van der Waals surface area (Å²) in [5, 5.41) is 2.57. The number of imidazole rings is 1. The molecule has 0 aliphatic carbocycles. The second kappa shape index (κ2) is 5.38.